The molecule has 15 heavy (non-hydrogen) atoms. The first-order valence-corrected chi connectivity index (χ1v) is 5.27. The molecule has 0 saturated carbocycles. The van der Waals surface area contributed by atoms with Crippen LogP contribution >= 0.6 is 15.9 Å². The average molecular weight is 265 g/mol. The maximum Gasteiger partial charge on any atom is 0.278 e. The van der Waals surface area contributed by atoms with Crippen LogP contribution < -0.4 is 0 Å². The summed E-state index contributed by atoms with van der Waals surface area (Å²) in [4.78, 5) is 11.9. The van der Waals surface area contributed by atoms with E-state index >= 15 is 0 Å². The van der Waals surface area contributed by atoms with E-state index in [1.165, 1.54) is 4.68 Å². The lowest BCUT2D eigenvalue weighted by Gasteiger charge is -2.00. The summed E-state index contributed by atoms with van der Waals surface area (Å²) in [6, 6.07) is 7.44. The lowest BCUT2D eigenvalue weighted by atomic mass is 10.1. The zero-order valence-electron chi connectivity index (χ0n) is 8.14. The van der Waals surface area contributed by atoms with Gasteiger partial charge in [-0.1, -0.05) is 17.7 Å². The summed E-state index contributed by atoms with van der Waals surface area (Å²) in [5.74, 6) is -0.121. The summed E-state index contributed by atoms with van der Waals surface area (Å²) in [5, 5.41) is 3.94. The summed E-state index contributed by atoms with van der Waals surface area (Å²) in [7, 11) is 0. The van der Waals surface area contributed by atoms with Crippen LogP contribution in [0.5, 0.6) is 0 Å². The number of halogens is 1. The van der Waals surface area contributed by atoms with Gasteiger partial charge in [0.05, 0.1) is 10.7 Å². The minimum absolute atomic E-state index is 0.121. The Bertz CT molecular complexity index is 505. The number of benzene rings is 1. The van der Waals surface area contributed by atoms with Crippen LogP contribution in [0.2, 0.25) is 0 Å². The summed E-state index contributed by atoms with van der Waals surface area (Å²) in [6.45, 7) is 1.95. The fourth-order valence-corrected chi connectivity index (χ4v) is 1.61. The van der Waals surface area contributed by atoms with Gasteiger partial charge >= 0.3 is 0 Å². The molecule has 0 saturated heterocycles. The number of hydrogen-bond acceptors (Lipinski definition) is 2. The molecule has 3 nitrogen and oxygen atoms in total. The summed E-state index contributed by atoms with van der Waals surface area (Å²) in [6.07, 6.45) is 3.23. The van der Waals surface area contributed by atoms with Gasteiger partial charge in [0.25, 0.3) is 5.91 Å². The Hall–Kier alpha value is -1.42. The zero-order valence-corrected chi connectivity index (χ0v) is 9.73. The predicted octanol–water partition coefficient (Wildman–Crippen LogP) is 2.64. The first-order chi connectivity index (χ1) is 7.16. The molecule has 0 amide bonds. The average Bonchev–Trinajstić information content (AvgIpc) is 2.64. The maximum atomic E-state index is 11.9. The molecule has 1 heterocycles. The van der Waals surface area contributed by atoms with Gasteiger partial charge in [-0.05, 0) is 35.0 Å². The molecule has 0 fully saturated rings. The van der Waals surface area contributed by atoms with Crippen LogP contribution in [0.15, 0.2) is 41.1 Å². The number of aromatic nitrogens is 2. The van der Waals surface area contributed by atoms with Crippen molar-refractivity contribution in [3.63, 3.8) is 0 Å². The SMILES string of the molecule is Cc1cccc(C(=O)n2cc(Br)cn2)c1. The van der Waals surface area contributed by atoms with Crippen molar-refractivity contribution in [1.82, 2.24) is 9.78 Å². The lowest BCUT2D eigenvalue weighted by molar-refractivity contribution is 0.0945. The second-order valence-corrected chi connectivity index (χ2v) is 4.19. The molecule has 2 aromatic rings. The quantitative estimate of drug-likeness (QED) is 0.794. The number of carbonyl (C=O) groups is 1. The molecule has 76 valence electrons. The third-order valence-corrected chi connectivity index (χ3v) is 2.43. The van der Waals surface area contributed by atoms with Crippen molar-refractivity contribution in [3.8, 4) is 0 Å². The van der Waals surface area contributed by atoms with E-state index in [0.717, 1.165) is 10.0 Å². The van der Waals surface area contributed by atoms with E-state index in [0.29, 0.717) is 5.56 Å². The highest BCUT2D eigenvalue weighted by atomic mass is 79.9. The van der Waals surface area contributed by atoms with Gasteiger partial charge in [-0.15, -0.1) is 0 Å². The Morgan fingerprint density at radius 2 is 2.27 bits per heavy atom. The molecule has 4 heteroatoms. The minimum atomic E-state index is -0.121. The topological polar surface area (TPSA) is 34.9 Å². The molecule has 2 rings (SSSR count). The Morgan fingerprint density at radius 3 is 2.87 bits per heavy atom. The first-order valence-electron chi connectivity index (χ1n) is 4.48. The fourth-order valence-electron chi connectivity index (χ4n) is 1.32. The molecule has 0 aliphatic carbocycles. The molecule has 0 bridgehead atoms. The highest BCUT2D eigenvalue weighted by Crippen LogP contribution is 2.10. The third-order valence-electron chi connectivity index (χ3n) is 2.02. The zero-order chi connectivity index (χ0) is 10.8. The van der Waals surface area contributed by atoms with Crippen molar-refractivity contribution in [2.24, 2.45) is 0 Å². The minimum Gasteiger partial charge on any atom is -0.267 e. The molecule has 0 atom stereocenters. The van der Waals surface area contributed by atoms with Crippen LogP contribution in [-0.4, -0.2) is 15.7 Å². The van der Waals surface area contributed by atoms with E-state index in [2.05, 4.69) is 21.0 Å². The number of nitrogens with zero attached hydrogens (tertiary/aromatic N) is 2. The Kier molecular flexibility index (Phi) is 2.68. The van der Waals surface area contributed by atoms with Crippen molar-refractivity contribution in [1.29, 1.82) is 0 Å². The predicted molar refractivity (Wildman–Crippen MR) is 60.8 cm³/mol. The molecule has 0 aliphatic rings. The van der Waals surface area contributed by atoms with Gasteiger partial charge in [0.15, 0.2) is 0 Å². The molecule has 0 unspecified atom stereocenters. The number of aryl methyl sites for hydroxylation is 1. The van der Waals surface area contributed by atoms with Gasteiger partial charge in [-0.3, -0.25) is 4.79 Å². The first kappa shape index (κ1) is 10.1. The van der Waals surface area contributed by atoms with E-state index in [4.69, 9.17) is 0 Å². The Morgan fingerprint density at radius 1 is 1.47 bits per heavy atom. The van der Waals surface area contributed by atoms with Crippen molar-refractivity contribution in [2.75, 3.05) is 0 Å². The molecule has 0 radical (unpaired) electrons. The molecule has 0 spiro atoms. The smallest absolute Gasteiger partial charge is 0.267 e. The lowest BCUT2D eigenvalue weighted by Crippen LogP contribution is -2.12. The van der Waals surface area contributed by atoms with Gasteiger partial charge in [0, 0.05) is 11.8 Å². The van der Waals surface area contributed by atoms with Gasteiger partial charge in [0.2, 0.25) is 0 Å². The maximum absolute atomic E-state index is 11.9. The van der Waals surface area contributed by atoms with Crippen molar-refractivity contribution >= 4 is 21.8 Å². The van der Waals surface area contributed by atoms with Crippen LogP contribution in [0.4, 0.5) is 0 Å². The van der Waals surface area contributed by atoms with Crippen molar-refractivity contribution in [2.45, 2.75) is 6.92 Å². The summed E-state index contributed by atoms with van der Waals surface area (Å²) in [5.41, 5.74) is 1.71. The fraction of sp³-hybridized carbons (Fsp3) is 0.0909. The summed E-state index contributed by atoms with van der Waals surface area (Å²) < 4.78 is 2.11. The van der Waals surface area contributed by atoms with Crippen LogP contribution in [-0.2, 0) is 0 Å². The Labute approximate surface area is 95.9 Å². The van der Waals surface area contributed by atoms with Crippen LogP contribution in [0.3, 0.4) is 0 Å². The van der Waals surface area contributed by atoms with Gasteiger partial charge < -0.3 is 0 Å². The van der Waals surface area contributed by atoms with Crippen LogP contribution in [0, 0.1) is 6.92 Å². The van der Waals surface area contributed by atoms with E-state index in [-0.39, 0.29) is 5.91 Å². The molecular formula is C11H9BrN2O. The summed E-state index contributed by atoms with van der Waals surface area (Å²) >= 11 is 3.25. The number of hydrogen-bond donors (Lipinski definition) is 0. The van der Waals surface area contributed by atoms with E-state index in [1.54, 1.807) is 18.5 Å². The monoisotopic (exact) mass is 264 g/mol. The van der Waals surface area contributed by atoms with Crippen LogP contribution in [0.25, 0.3) is 0 Å². The van der Waals surface area contributed by atoms with Gasteiger partial charge in [-0.2, -0.15) is 5.10 Å². The molecule has 0 N–H and O–H groups in total. The second kappa shape index (κ2) is 3.98. The van der Waals surface area contributed by atoms with Crippen molar-refractivity contribution < 1.29 is 4.79 Å². The van der Waals surface area contributed by atoms with E-state index in [1.807, 2.05) is 25.1 Å². The molecule has 1 aromatic carbocycles. The number of rotatable bonds is 1. The van der Waals surface area contributed by atoms with E-state index in [9.17, 15) is 4.79 Å². The standard InChI is InChI=1S/C11H9BrN2O/c1-8-3-2-4-9(5-8)11(15)14-7-10(12)6-13-14/h2-7H,1H3. The number of carbonyl (C=O) groups excluding carboxylic acids is 1. The second-order valence-electron chi connectivity index (χ2n) is 3.28. The van der Waals surface area contributed by atoms with Crippen LogP contribution in [0.1, 0.15) is 15.9 Å². The highest BCUT2D eigenvalue weighted by Gasteiger charge is 2.08. The molecular weight excluding hydrogens is 256 g/mol. The van der Waals surface area contributed by atoms with Gasteiger partial charge in [0.1, 0.15) is 0 Å². The normalized spacial score (nSPS) is 10.3. The largest absolute Gasteiger partial charge is 0.278 e. The molecule has 0 aliphatic heterocycles. The highest BCUT2D eigenvalue weighted by molar-refractivity contribution is 9.10. The third kappa shape index (κ3) is 2.15. The molecule has 1 aromatic heterocycles. The van der Waals surface area contributed by atoms with Gasteiger partial charge in [-0.25, -0.2) is 4.68 Å². The van der Waals surface area contributed by atoms with E-state index < -0.39 is 0 Å². The van der Waals surface area contributed by atoms with Crippen molar-refractivity contribution in [3.05, 3.63) is 52.3 Å². The Balaban J connectivity index is 2.36.